The van der Waals surface area contributed by atoms with Gasteiger partial charge in [-0.05, 0) is 48.4 Å². The van der Waals surface area contributed by atoms with Crippen molar-refractivity contribution in [2.24, 2.45) is 0 Å². The molecule has 0 saturated carbocycles. The van der Waals surface area contributed by atoms with Crippen molar-refractivity contribution in [3.05, 3.63) is 63.5 Å². The first-order valence-corrected chi connectivity index (χ1v) is 10.8. The van der Waals surface area contributed by atoms with Crippen LogP contribution in [0.3, 0.4) is 0 Å². The van der Waals surface area contributed by atoms with E-state index in [4.69, 9.17) is 32.7 Å². The molecular weight excluding hydrogens is 443 g/mol. The Labute approximate surface area is 189 Å². The van der Waals surface area contributed by atoms with E-state index in [0.717, 1.165) is 17.5 Å². The molecule has 0 aliphatic rings. The fourth-order valence-electron chi connectivity index (χ4n) is 2.59. The summed E-state index contributed by atoms with van der Waals surface area (Å²) in [7, 11) is 1.58. The van der Waals surface area contributed by atoms with Gasteiger partial charge in [0.1, 0.15) is 0 Å². The summed E-state index contributed by atoms with van der Waals surface area (Å²) >= 11 is 13.5. The van der Waals surface area contributed by atoms with Gasteiger partial charge in [-0.15, -0.1) is 11.3 Å². The molecule has 0 bridgehead atoms. The first kappa shape index (κ1) is 22.2. The highest BCUT2D eigenvalue weighted by atomic mass is 35.5. The van der Waals surface area contributed by atoms with Crippen LogP contribution in [0.25, 0.3) is 17.3 Å². The Morgan fingerprint density at radius 2 is 2.03 bits per heavy atom. The van der Waals surface area contributed by atoms with E-state index in [0.29, 0.717) is 39.0 Å². The number of hydrogen-bond donors (Lipinski definition) is 1. The molecule has 0 fully saturated rings. The highest BCUT2D eigenvalue weighted by molar-refractivity contribution is 7.14. The predicted octanol–water partition coefficient (Wildman–Crippen LogP) is 6.57. The number of amides is 1. The lowest BCUT2D eigenvalue weighted by molar-refractivity contribution is -0.111. The summed E-state index contributed by atoms with van der Waals surface area (Å²) in [4.78, 5) is 16.7. The maximum Gasteiger partial charge on any atom is 0.250 e. The molecule has 0 aliphatic heterocycles. The second-order valence-electron chi connectivity index (χ2n) is 6.24. The number of rotatable bonds is 8. The number of nitrogens with zero attached hydrogens (tertiary/aromatic N) is 1. The Morgan fingerprint density at radius 3 is 2.77 bits per heavy atom. The average Bonchev–Trinajstić information content (AvgIpc) is 3.18. The largest absolute Gasteiger partial charge is 0.493 e. The van der Waals surface area contributed by atoms with Gasteiger partial charge in [0.2, 0.25) is 5.91 Å². The van der Waals surface area contributed by atoms with Gasteiger partial charge in [-0.1, -0.05) is 36.2 Å². The zero-order valence-corrected chi connectivity index (χ0v) is 18.8. The van der Waals surface area contributed by atoms with Gasteiger partial charge >= 0.3 is 0 Å². The van der Waals surface area contributed by atoms with E-state index in [1.54, 1.807) is 31.4 Å². The van der Waals surface area contributed by atoms with Crippen LogP contribution in [0.2, 0.25) is 10.0 Å². The molecule has 0 unspecified atom stereocenters. The molecule has 5 nitrogen and oxygen atoms in total. The quantitative estimate of drug-likeness (QED) is 0.384. The zero-order chi connectivity index (χ0) is 21.5. The van der Waals surface area contributed by atoms with Crippen molar-refractivity contribution in [3.63, 3.8) is 0 Å². The molecule has 0 atom stereocenters. The Bertz CT molecular complexity index is 1070. The fourth-order valence-corrected chi connectivity index (χ4v) is 3.81. The summed E-state index contributed by atoms with van der Waals surface area (Å²) in [6, 6.07) is 10.7. The van der Waals surface area contributed by atoms with E-state index in [-0.39, 0.29) is 5.91 Å². The van der Waals surface area contributed by atoms with Gasteiger partial charge in [0.05, 0.1) is 24.4 Å². The van der Waals surface area contributed by atoms with Gasteiger partial charge < -0.3 is 9.47 Å². The van der Waals surface area contributed by atoms with Crippen LogP contribution in [-0.4, -0.2) is 24.6 Å². The molecule has 1 amide bonds. The smallest absolute Gasteiger partial charge is 0.250 e. The van der Waals surface area contributed by atoms with Crippen LogP contribution < -0.4 is 14.8 Å². The van der Waals surface area contributed by atoms with Crippen LogP contribution >= 0.6 is 34.5 Å². The Morgan fingerprint density at radius 1 is 1.20 bits per heavy atom. The molecule has 0 radical (unpaired) electrons. The van der Waals surface area contributed by atoms with E-state index in [1.807, 2.05) is 30.5 Å². The number of nitrogens with one attached hydrogen (secondary N) is 1. The van der Waals surface area contributed by atoms with Gasteiger partial charge in [-0.25, -0.2) is 4.98 Å². The van der Waals surface area contributed by atoms with Crippen LogP contribution in [0.1, 0.15) is 18.9 Å². The summed E-state index contributed by atoms with van der Waals surface area (Å²) in [5.74, 6) is 1.01. The molecule has 156 valence electrons. The molecule has 1 aromatic heterocycles. The molecule has 30 heavy (non-hydrogen) atoms. The minimum Gasteiger partial charge on any atom is -0.493 e. The van der Waals surface area contributed by atoms with E-state index in [1.165, 1.54) is 17.4 Å². The maximum atomic E-state index is 12.3. The molecular formula is C22H20Cl2N2O3S. The number of methoxy groups -OCH3 is 1. The number of halogens is 2. The molecule has 1 heterocycles. The molecule has 0 aliphatic carbocycles. The monoisotopic (exact) mass is 462 g/mol. The van der Waals surface area contributed by atoms with Crippen LogP contribution in [0, 0.1) is 0 Å². The predicted molar refractivity (Wildman–Crippen MR) is 124 cm³/mol. The molecule has 8 heteroatoms. The number of carbonyl (C=O) groups excluding carboxylic acids is 1. The number of carbonyl (C=O) groups is 1. The molecule has 0 spiro atoms. The van der Waals surface area contributed by atoms with Crippen LogP contribution in [0.4, 0.5) is 5.13 Å². The second kappa shape index (κ2) is 10.5. The lowest BCUT2D eigenvalue weighted by atomic mass is 10.2. The van der Waals surface area contributed by atoms with E-state index in [9.17, 15) is 4.79 Å². The third-order valence-electron chi connectivity index (χ3n) is 4.02. The molecule has 2 aromatic carbocycles. The number of thiazole rings is 1. The van der Waals surface area contributed by atoms with Crippen molar-refractivity contribution < 1.29 is 14.3 Å². The summed E-state index contributed by atoms with van der Waals surface area (Å²) in [6.45, 7) is 2.66. The maximum absolute atomic E-state index is 12.3. The number of ether oxygens (including phenoxy) is 2. The SMILES string of the molecule is CCCOc1ccc(C=CC(=O)Nc2nc(-c3ccc(Cl)cc3Cl)cs2)cc1OC. The van der Waals surface area contributed by atoms with Gasteiger partial charge in [-0.3, -0.25) is 10.1 Å². The van der Waals surface area contributed by atoms with Gasteiger partial charge in [-0.2, -0.15) is 0 Å². The minimum absolute atomic E-state index is 0.289. The van der Waals surface area contributed by atoms with Gasteiger partial charge in [0.25, 0.3) is 0 Å². The van der Waals surface area contributed by atoms with Crippen molar-refractivity contribution in [1.82, 2.24) is 4.98 Å². The van der Waals surface area contributed by atoms with Crippen molar-refractivity contribution >= 4 is 51.7 Å². The number of hydrogen-bond acceptors (Lipinski definition) is 5. The Kier molecular flexibility index (Phi) is 7.74. The third-order valence-corrected chi connectivity index (χ3v) is 5.32. The Hall–Kier alpha value is -2.54. The van der Waals surface area contributed by atoms with Crippen molar-refractivity contribution in [1.29, 1.82) is 0 Å². The summed E-state index contributed by atoms with van der Waals surface area (Å²) in [6.07, 6.45) is 4.05. The molecule has 3 aromatic rings. The lowest BCUT2D eigenvalue weighted by Gasteiger charge is -2.10. The van der Waals surface area contributed by atoms with Gasteiger partial charge in [0, 0.05) is 22.0 Å². The zero-order valence-electron chi connectivity index (χ0n) is 16.4. The van der Waals surface area contributed by atoms with Crippen molar-refractivity contribution in [3.8, 4) is 22.8 Å². The Balaban J connectivity index is 1.66. The summed E-state index contributed by atoms with van der Waals surface area (Å²) in [5.41, 5.74) is 2.25. The first-order chi connectivity index (χ1) is 14.5. The molecule has 0 saturated heterocycles. The number of aromatic nitrogens is 1. The lowest BCUT2D eigenvalue weighted by Crippen LogP contribution is -2.07. The van der Waals surface area contributed by atoms with E-state index < -0.39 is 0 Å². The van der Waals surface area contributed by atoms with Crippen molar-refractivity contribution in [2.45, 2.75) is 13.3 Å². The normalized spacial score (nSPS) is 10.9. The number of benzene rings is 2. The first-order valence-electron chi connectivity index (χ1n) is 9.21. The van der Waals surface area contributed by atoms with Crippen LogP contribution in [0.5, 0.6) is 11.5 Å². The van der Waals surface area contributed by atoms with Gasteiger partial charge in [0.15, 0.2) is 16.6 Å². The fraction of sp³-hybridized carbons (Fsp3) is 0.182. The number of anilines is 1. The van der Waals surface area contributed by atoms with Crippen LogP contribution in [-0.2, 0) is 4.79 Å². The second-order valence-corrected chi connectivity index (χ2v) is 7.95. The van der Waals surface area contributed by atoms with E-state index >= 15 is 0 Å². The van der Waals surface area contributed by atoms with Crippen molar-refractivity contribution in [2.75, 3.05) is 19.0 Å². The summed E-state index contributed by atoms with van der Waals surface area (Å²) in [5, 5.41) is 6.12. The van der Waals surface area contributed by atoms with E-state index in [2.05, 4.69) is 10.3 Å². The molecule has 1 N–H and O–H groups in total. The highest BCUT2D eigenvalue weighted by Gasteiger charge is 2.10. The summed E-state index contributed by atoms with van der Waals surface area (Å²) < 4.78 is 11.0. The third kappa shape index (κ3) is 5.75. The average molecular weight is 463 g/mol. The minimum atomic E-state index is -0.289. The highest BCUT2D eigenvalue weighted by Crippen LogP contribution is 2.32. The topological polar surface area (TPSA) is 60.5 Å². The molecule has 3 rings (SSSR count). The standard InChI is InChI=1S/C22H20Cl2N2O3S/c1-3-10-29-19-8-4-14(11-20(19)28-2)5-9-21(27)26-22-25-18(13-30-22)16-7-6-15(23)12-17(16)24/h4-9,11-13H,3,10H2,1-2H3,(H,25,26,27). The van der Waals surface area contributed by atoms with Crippen LogP contribution in [0.15, 0.2) is 47.9 Å².